The Bertz CT molecular complexity index is 340. The Morgan fingerprint density at radius 3 is 2.32 bits per heavy atom. The van der Waals surface area contributed by atoms with E-state index in [0.29, 0.717) is 6.42 Å². The van der Waals surface area contributed by atoms with Crippen molar-refractivity contribution in [3.8, 4) is 0 Å². The summed E-state index contributed by atoms with van der Waals surface area (Å²) in [6, 6.07) is -0.794. The van der Waals surface area contributed by atoms with Crippen LogP contribution in [-0.2, 0) is 9.59 Å². The molecular formula is C14H24N2O3. The van der Waals surface area contributed by atoms with Gasteiger partial charge in [0.05, 0.1) is 6.04 Å². The van der Waals surface area contributed by atoms with Crippen LogP contribution in [0.25, 0.3) is 0 Å². The quantitative estimate of drug-likeness (QED) is 0.839. The SMILES string of the molecule is CC(C(=O)N1CCCCC1)N1CCCCC1C(=O)O. The van der Waals surface area contributed by atoms with Crippen LogP contribution in [0.4, 0.5) is 0 Å². The summed E-state index contributed by atoms with van der Waals surface area (Å²) in [5, 5.41) is 9.28. The molecule has 19 heavy (non-hydrogen) atoms. The number of likely N-dealkylation sites (tertiary alicyclic amines) is 2. The van der Waals surface area contributed by atoms with Gasteiger partial charge in [-0.2, -0.15) is 0 Å². The van der Waals surface area contributed by atoms with Gasteiger partial charge in [0.1, 0.15) is 6.04 Å². The normalized spacial score (nSPS) is 27.0. The first kappa shape index (κ1) is 14.3. The smallest absolute Gasteiger partial charge is 0.320 e. The molecule has 2 aliphatic rings. The van der Waals surface area contributed by atoms with Gasteiger partial charge in [-0.1, -0.05) is 6.42 Å². The summed E-state index contributed by atoms with van der Waals surface area (Å²) in [5.74, 6) is -0.689. The van der Waals surface area contributed by atoms with Crippen molar-refractivity contribution in [2.75, 3.05) is 19.6 Å². The minimum absolute atomic E-state index is 0.104. The molecule has 2 atom stereocenters. The zero-order chi connectivity index (χ0) is 13.8. The van der Waals surface area contributed by atoms with E-state index < -0.39 is 12.0 Å². The van der Waals surface area contributed by atoms with Crippen molar-refractivity contribution in [2.45, 2.75) is 57.5 Å². The third-order valence-corrected chi connectivity index (χ3v) is 4.35. The molecule has 108 valence electrons. The van der Waals surface area contributed by atoms with Gasteiger partial charge in [0.2, 0.25) is 5.91 Å². The molecule has 1 amide bonds. The Morgan fingerprint density at radius 1 is 1.05 bits per heavy atom. The molecule has 5 nitrogen and oxygen atoms in total. The lowest BCUT2D eigenvalue weighted by atomic mass is 9.99. The Labute approximate surface area is 114 Å². The number of rotatable bonds is 3. The van der Waals surface area contributed by atoms with Crippen molar-refractivity contribution in [1.82, 2.24) is 9.80 Å². The molecule has 0 aromatic rings. The first-order chi connectivity index (χ1) is 9.11. The average molecular weight is 268 g/mol. The monoisotopic (exact) mass is 268 g/mol. The molecule has 2 fully saturated rings. The molecule has 0 bridgehead atoms. The first-order valence-corrected chi connectivity index (χ1v) is 7.38. The van der Waals surface area contributed by atoms with Crippen molar-refractivity contribution in [1.29, 1.82) is 0 Å². The molecule has 5 heteroatoms. The molecule has 0 radical (unpaired) electrons. The maximum atomic E-state index is 12.5. The standard InChI is InChI=1S/C14H24N2O3/c1-11(13(17)15-8-4-2-5-9-15)16-10-6-3-7-12(16)14(18)19/h11-12H,2-10H2,1H3,(H,18,19). The lowest BCUT2D eigenvalue weighted by Gasteiger charge is -2.39. The molecule has 0 saturated carbocycles. The Balaban J connectivity index is 2.01. The Kier molecular flexibility index (Phi) is 4.80. The van der Waals surface area contributed by atoms with Crippen LogP contribution in [0.2, 0.25) is 0 Å². The molecule has 0 aromatic carbocycles. The van der Waals surface area contributed by atoms with Crippen LogP contribution in [0.15, 0.2) is 0 Å². The first-order valence-electron chi connectivity index (χ1n) is 7.38. The number of aliphatic carboxylic acids is 1. The summed E-state index contributed by atoms with van der Waals surface area (Å²) < 4.78 is 0. The number of hydrogen-bond acceptors (Lipinski definition) is 3. The summed E-state index contributed by atoms with van der Waals surface area (Å²) in [4.78, 5) is 27.5. The van der Waals surface area contributed by atoms with E-state index in [1.165, 1.54) is 6.42 Å². The van der Waals surface area contributed by atoms with E-state index in [-0.39, 0.29) is 11.9 Å². The molecule has 2 heterocycles. The molecule has 2 rings (SSSR count). The highest BCUT2D eigenvalue weighted by molar-refractivity contribution is 5.83. The zero-order valence-corrected chi connectivity index (χ0v) is 11.7. The zero-order valence-electron chi connectivity index (χ0n) is 11.7. The topological polar surface area (TPSA) is 60.9 Å². The number of carboxylic acids is 1. The number of amides is 1. The van der Waals surface area contributed by atoms with Crippen LogP contribution in [0, 0.1) is 0 Å². The van der Waals surface area contributed by atoms with Gasteiger partial charge in [0, 0.05) is 13.1 Å². The van der Waals surface area contributed by atoms with E-state index >= 15 is 0 Å². The van der Waals surface area contributed by atoms with Crippen LogP contribution in [0.5, 0.6) is 0 Å². The lowest BCUT2D eigenvalue weighted by molar-refractivity contribution is -0.149. The van der Waals surface area contributed by atoms with Crippen molar-refractivity contribution in [3.05, 3.63) is 0 Å². The van der Waals surface area contributed by atoms with Crippen LogP contribution < -0.4 is 0 Å². The van der Waals surface area contributed by atoms with Gasteiger partial charge < -0.3 is 10.0 Å². The Morgan fingerprint density at radius 2 is 1.68 bits per heavy atom. The fourth-order valence-electron chi connectivity index (χ4n) is 3.20. The summed E-state index contributed by atoms with van der Waals surface area (Å²) in [5.41, 5.74) is 0. The molecule has 1 N–H and O–H groups in total. The third kappa shape index (κ3) is 3.26. The summed E-state index contributed by atoms with van der Waals surface area (Å²) in [6.07, 6.45) is 5.92. The predicted octanol–water partition coefficient (Wildman–Crippen LogP) is 1.33. The highest BCUT2D eigenvalue weighted by Gasteiger charge is 2.36. The van der Waals surface area contributed by atoms with Crippen molar-refractivity contribution in [2.24, 2.45) is 0 Å². The van der Waals surface area contributed by atoms with Gasteiger partial charge >= 0.3 is 5.97 Å². The fourth-order valence-corrected chi connectivity index (χ4v) is 3.20. The second kappa shape index (κ2) is 6.37. The summed E-state index contributed by atoms with van der Waals surface area (Å²) >= 11 is 0. The van der Waals surface area contributed by atoms with Gasteiger partial charge in [-0.15, -0.1) is 0 Å². The van der Waals surface area contributed by atoms with E-state index in [4.69, 9.17) is 0 Å². The summed E-state index contributed by atoms with van der Waals surface area (Å²) in [7, 11) is 0. The third-order valence-electron chi connectivity index (χ3n) is 4.35. The van der Waals surface area contributed by atoms with Crippen LogP contribution >= 0.6 is 0 Å². The molecular weight excluding hydrogens is 244 g/mol. The molecule has 2 unspecified atom stereocenters. The number of hydrogen-bond donors (Lipinski definition) is 1. The van der Waals surface area contributed by atoms with Gasteiger partial charge in [0.25, 0.3) is 0 Å². The number of piperidine rings is 2. The average Bonchev–Trinajstić information content (AvgIpc) is 2.46. The molecule has 2 aliphatic heterocycles. The number of carboxylic acid groups (broad SMARTS) is 1. The van der Waals surface area contributed by atoms with Gasteiger partial charge in [0.15, 0.2) is 0 Å². The van der Waals surface area contributed by atoms with E-state index in [1.54, 1.807) is 0 Å². The van der Waals surface area contributed by atoms with Crippen molar-refractivity contribution >= 4 is 11.9 Å². The van der Waals surface area contributed by atoms with Gasteiger partial charge in [-0.3, -0.25) is 14.5 Å². The lowest BCUT2D eigenvalue weighted by Crippen LogP contribution is -2.55. The highest BCUT2D eigenvalue weighted by atomic mass is 16.4. The minimum Gasteiger partial charge on any atom is -0.480 e. The maximum absolute atomic E-state index is 12.5. The van der Waals surface area contributed by atoms with Crippen molar-refractivity contribution in [3.63, 3.8) is 0 Å². The van der Waals surface area contributed by atoms with E-state index in [1.807, 2.05) is 16.7 Å². The maximum Gasteiger partial charge on any atom is 0.320 e. The second-order valence-corrected chi connectivity index (χ2v) is 5.65. The summed E-state index contributed by atoms with van der Waals surface area (Å²) in [6.45, 7) is 4.24. The second-order valence-electron chi connectivity index (χ2n) is 5.65. The van der Waals surface area contributed by atoms with E-state index in [0.717, 1.165) is 45.3 Å². The van der Waals surface area contributed by atoms with Gasteiger partial charge in [-0.25, -0.2) is 0 Å². The number of carbonyl (C=O) groups is 2. The fraction of sp³-hybridized carbons (Fsp3) is 0.857. The van der Waals surface area contributed by atoms with Crippen molar-refractivity contribution < 1.29 is 14.7 Å². The number of nitrogens with zero attached hydrogens (tertiary/aromatic N) is 2. The van der Waals surface area contributed by atoms with Crippen LogP contribution in [0.1, 0.15) is 45.4 Å². The molecule has 0 spiro atoms. The van der Waals surface area contributed by atoms with Gasteiger partial charge in [-0.05, 0) is 45.6 Å². The molecule has 0 aliphatic carbocycles. The number of carbonyl (C=O) groups excluding carboxylic acids is 1. The van der Waals surface area contributed by atoms with E-state index in [9.17, 15) is 14.7 Å². The van der Waals surface area contributed by atoms with Crippen LogP contribution in [-0.4, -0.2) is 58.5 Å². The van der Waals surface area contributed by atoms with Crippen LogP contribution in [0.3, 0.4) is 0 Å². The molecule has 2 saturated heterocycles. The minimum atomic E-state index is -0.794. The largest absolute Gasteiger partial charge is 0.480 e. The Hall–Kier alpha value is -1.10. The van der Waals surface area contributed by atoms with E-state index in [2.05, 4.69) is 0 Å². The highest BCUT2D eigenvalue weighted by Crippen LogP contribution is 2.21. The molecule has 0 aromatic heterocycles. The predicted molar refractivity (Wildman–Crippen MR) is 71.9 cm³/mol.